The van der Waals surface area contributed by atoms with Crippen molar-refractivity contribution in [3.8, 4) is 6.07 Å². The second kappa shape index (κ2) is 5.73. The van der Waals surface area contributed by atoms with Crippen LogP contribution in [0.5, 0.6) is 0 Å². The minimum Gasteiger partial charge on any atom is -0.369 e. The number of benzene rings is 2. The lowest BCUT2D eigenvalue weighted by Crippen LogP contribution is -2.11. The maximum absolute atomic E-state index is 8.84. The van der Waals surface area contributed by atoms with E-state index in [9.17, 15) is 0 Å². The monoisotopic (exact) mass is 261 g/mol. The van der Waals surface area contributed by atoms with Gasteiger partial charge in [0.25, 0.3) is 0 Å². The van der Waals surface area contributed by atoms with Gasteiger partial charge in [-0.3, -0.25) is 0 Å². The summed E-state index contributed by atoms with van der Waals surface area (Å²) in [6.45, 7) is 0.634. The summed E-state index contributed by atoms with van der Waals surface area (Å²) in [5, 5.41) is 8.84. The van der Waals surface area contributed by atoms with Gasteiger partial charge in [-0.2, -0.15) is 5.26 Å². The van der Waals surface area contributed by atoms with E-state index in [1.807, 2.05) is 30.3 Å². The minimum atomic E-state index is 0.0722. The molecule has 20 heavy (non-hydrogen) atoms. The molecule has 2 aromatic carbocycles. The number of nitrogens with zero attached hydrogens (tertiary/aromatic N) is 1. The van der Waals surface area contributed by atoms with Gasteiger partial charge in [-0.15, -0.1) is 0 Å². The maximum atomic E-state index is 8.84. The van der Waals surface area contributed by atoms with E-state index >= 15 is 0 Å². The molecule has 2 aromatic rings. The molecule has 0 bridgehead atoms. The van der Waals surface area contributed by atoms with E-state index in [4.69, 9.17) is 10.00 Å². The molecule has 1 heterocycles. The highest BCUT2D eigenvalue weighted by Crippen LogP contribution is 2.33. The van der Waals surface area contributed by atoms with Gasteiger partial charge in [0.2, 0.25) is 0 Å². The van der Waals surface area contributed by atoms with Crippen molar-refractivity contribution in [2.24, 2.45) is 0 Å². The highest BCUT2D eigenvalue weighted by molar-refractivity contribution is 5.66. The fourth-order valence-corrected chi connectivity index (χ4v) is 2.48. The van der Waals surface area contributed by atoms with Crippen molar-refractivity contribution < 1.29 is 4.74 Å². The van der Waals surface area contributed by atoms with Crippen LogP contribution in [0.4, 0.5) is 0 Å². The predicted molar refractivity (Wildman–Crippen MR) is 78.9 cm³/mol. The average molecular weight is 261 g/mol. The van der Waals surface area contributed by atoms with Crippen LogP contribution in [0.15, 0.2) is 60.7 Å². The number of nitriles is 1. The van der Waals surface area contributed by atoms with Gasteiger partial charge in [-0.05, 0) is 28.8 Å². The fraction of sp³-hybridized carbons (Fsp3) is 0.167. The summed E-state index contributed by atoms with van der Waals surface area (Å²) in [6.07, 6.45) is 3.09. The van der Waals surface area contributed by atoms with E-state index < -0.39 is 0 Å². The van der Waals surface area contributed by atoms with Crippen molar-refractivity contribution in [2.45, 2.75) is 12.5 Å². The second-order valence-electron chi connectivity index (χ2n) is 4.86. The molecule has 1 aliphatic rings. The van der Waals surface area contributed by atoms with Crippen LogP contribution in [-0.4, -0.2) is 6.61 Å². The predicted octanol–water partition coefficient (Wildman–Crippen LogP) is 4.10. The third kappa shape index (κ3) is 2.64. The minimum absolute atomic E-state index is 0.0722. The van der Waals surface area contributed by atoms with E-state index in [2.05, 4.69) is 36.4 Å². The van der Waals surface area contributed by atoms with Crippen LogP contribution in [-0.2, 0) is 4.74 Å². The molecule has 0 N–H and O–H groups in total. The Kier molecular flexibility index (Phi) is 3.62. The lowest BCUT2D eigenvalue weighted by atomic mass is 9.94. The van der Waals surface area contributed by atoms with Gasteiger partial charge in [0, 0.05) is 6.42 Å². The largest absolute Gasteiger partial charge is 0.369 e. The summed E-state index contributed by atoms with van der Waals surface area (Å²) in [7, 11) is 0. The molecular formula is C18H15NO. The van der Waals surface area contributed by atoms with Gasteiger partial charge in [0.15, 0.2) is 0 Å². The van der Waals surface area contributed by atoms with Crippen LogP contribution >= 0.6 is 0 Å². The number of ether oxygens (including phenoxy) is 1. The first-order valence-electron chi connectivity index (χ1n) is 6.73. The molecule has 0 radical (unpaired) electrons. The van der Waals surface area contributed by atoms with Gasteiger partial charge in [-0.1, -0.05) is 48.5 Å². The maximum Gasteiger partial charge on any atom is 0.0991 e. The molecular weight excluding hydrogens is 246 g/mol. The zero-order valence-electron chi connectivity index (χ0n) is 11.1. The van der Waals surface area contributed by atoms with Crippen molar-refractivity contribution >= 4 is 5.57 Å². The highest BCUT2D eigenvalue weighted by Gasteiger charge is 2.18. The van der Waals surface area contributed by atoms with E-state index in [-0.39, 0.29) is 6.10 Å². The van der Waals surface area contributed by atoms with Crippen LogP contribution in [0, 0.1) is 11.3 Å². The molecule has 0 amide bonds. The Labute approximate surface area is 118 Å². The smallest absolute Gasteiger partial charge is 0.0991 e. The van der Waals surface area contributed by atoms with Gasteiger partial charge >= 0.3 is 0 Å². The molecule has 0 aromatic heterocycles. The molecule has 0 spiro atoms. The molecule has 1 atom stereocenters. The summed E-state index contributed by atoms with van der Waals surface area (Å²) < 4.78 is 5.83. The molecule has 2 heteroatoms. The van der Waals surface area contributed by atoms with Gasteiger partial charge in [-0.25, -0.2) is 0 Å². The van der Waals surface area contributed by atoms with E-state index in [1.54, 1.807) is 0 Å². The van der Waals surface area contributed by atoms with E-state index in [1.165, 1.54) is 11.1 Å². The second-order valence-corrected chi connectivity index (χ2v) is 4.86. The lowest BCUT2D eigenvalue weighted by molar-refractivity contribution is 0.0708. The van der Waals surface area contributed by atoms with Crippen LogP contribution in [0.3, 0.4) is 0 Å². The van der Waals surface area contributed by atoms with Gasteiger partial charge in [0.1, 0.15) is 0 Å². The molecule has 2 nitrogen and oxygen atoms in total. The first kappa shape index (κ1) is 12.7. The molecule has 1 aliphatic heterocycles. The Morgan fingerprint density at radius 1 is 1.00 bits per heavy atom. The van der Waals surface area contributed by atoms with Crippen molar-refractivity contribution in [2.75, 3.05) is 6.61 Å². The third-order valence-corrected chi connectivity index (χ3v) is 3.59. The summed E-state index contributed by atoms with van der Waals surface area (Å²) >= 11 is 0. The van der Waals surface area contributed by atoms with Crippen LogP contribution in [0.2, 0.25) is 0 Å². The number of rotatable bonds is 2. The average Bonchev–Trinajstić information content (AvgIpc) is 2.56. The molecule has 0 fully saturated rings. The number of hydrogen-bond donors (Lipinski definition) is 0. The summed E-state index contributed by atoms with van der Waals surface area (Å²) in [4.78, 5) is 0. The Hall–Kier alpha value is -2.37. The standard InChI is InChI=1S/C18H15NO/c19-13-14-6-8-16(9-7-14)18-12-17(10-11-20-18)15-4-2-1-3-5-15/h1-10,18H,11-12H2. The lowest BCUT2D eigenvalue weighted by Gasteiger charge is -2.24. The normalized spacial score (nSPS) is 18.1. The molecule has 3 rings (SSSR count). The van der Waals surface area contributed by atoms with Crippen LogP contribution in [0.1, 0.15) is 29.2 Å². The summed E-state index contributed by atoms with van der Waals surface area (Å²) in [6, 6.07) is 20.2. The molecule has 98 valence electrons. The zero-order chi connectivity index (χ0) is 13.8. The zero-order valence-corrected chi connectivity index (χ0v) is 11.1. The SMILES string of the molecule is N#Cc1ccc(C2CC(c3ccccc3)=CCO2)cc1. The van der Waals surface area contributed by atoms with Crippen LogP contribution < -0.4 is 0 Å². The molecule has 0 aliphatic carbocycles. The highest BCUT2D eigenvalue weighted by atomic mass is 16.5. The topological polar surface area (TPSA) is 33.0 Å². The Balaban J connectivity index is 1.80. The Bertz CT molecular complexity index is 650. The summed E-state index contributed by atoms with van der Waals surface area (Å²) in [5.41, 5.74) is 4.40. The van der Waals surface area contributed by atoms with Crippen molar-refractivity contribution in [1.82, 2.24) is 0 Å². The van der Waals surface area contributed by atoms with Crippen molar-refractivity contribution in [3.63, 3.8) is 0 Å². The summed E-state index contributed by atoms with van der Waals surface area (Å²) in [5.74, 6) is 0. The van der Waals surface area contributed by atoms with Gasteiger partial charge in [0.05, 0.1) is 24.3 Å². The molecule has 0 saturated carbocycles. The molecule has 1 unspecified atom stereocenters. The Morgan fingerprint density at radius 2 is 1.75 bits per heavy atom. The quantitative estimate of drug-likeness (QED) is 0.815. The van der Waals surface area contributed by atoms with Crippen molar-refractivity contribution in [3.05, 3.63) is 77.4 Å². The van der Waals surface area contributed by atoms with Crippen molar-refractivity contribution in [1.29, 1.82) is 5.26 Å². The van der Waals surface area contributed by atoms with E-state index in [0.717, 1.165) is 12.0 Å². The fourth-order valence-electron chi connectivity index (χ4n) is 2.48. The first-order chi connectivity index (χ1) is 9.86. The third-order valence-electron chi connectivity index (χ3n) is 3.59. The molecule has 0 saturated heterocycles. The van der Waals surface area contributed by atoms with Gasteiger partial charge < -0.3 is 4.74 Å². The van der Waals surface area contributed by atoms with E-state index in [0.29, 0.717) is 12.2 Å². The number of hydrogen-bond acceptors (Lipinski definition) is 2. The van der Waals surface area contributed by atoms with Crippen LogP contribution in [0.25, 0.3) is 5.57 Å². The first-order valence-corrected chi connectivity index (χ1v) is 6.73. The Morgan fingerprint density at radius 3 is 2.45 bits per heavy atom.